The zero-order chi connectivity index (χ0) is 13.1. The van der Waals surface area contributed by atoms with E-state index in [9.17, 15) is 4.79 Å². The zero-order valence-electron chi connectivity index (χ0n) is 10.1. The summed E-state index contributed by atoms with van der Waals surface area (Å²) in [5.41, 5.74) is 12.6. The lowest BCUT2D eigenvalue weighted by Gasteiger charge is -2.05. The molecule has 0 unspecified atom stereocenters. The second kappa shape index (κ2) is 4.83. The molecule has 5 N–H and O–H groups in total. The van der Waals surface area contributed by atoms with Crippen LogP contribution in [0.25, 0.3) is 0 Å². The number of hydrogen-bond acceptors (Lipinski definition) is 4. The molecule has 5 heteroatoms. The topological polar surface area (TPSA) is 94.3 Å². The Kier molecular flexibility index (Phi) is 3.23. The van der Waals surface area contributed by atoms with Gasteiger partial charge in [-0.25, -0.2) is 0 Å². The number of carbonyl (C=O) groups excluding carboxylic acids is 1. The first-order valence-corrected chi connectivity index (χ1v) is 5.54. The molecule has 1 aromatic carbocycles. The summed E-state index contributed by atoms with van der Waals surface area (Å²) in [4.78, 5) is 11.9. The minimum absolute atomic E-state index is 0.233. The summed E-state index contributed by atoms with van der Waals surface area (Å²) in [5.74, 6) is 1.29. The van der Waals surface area contributed by atoms with Crippen LogP contribution in [0.5, 0.6) is 0 Å². The Labute approximate surface area is 105 Å². The summed E-state index contributed by atoms with van der Waals surface area (Å²) in [5, 5.41) is 2.74. The number of hydrogen-bond donors (Lipinski definition) is 3. The number of nitrogens with one attached hydrogen (secondary N) is 1. The summed E-state index contributed by atoms with van der Waals surface area (Å²) in [6.45, 7) is 2.19. The van der Waals surface area contributed by atoms with E-state index in [4.69, 9.17) is 15.9 Å². The normalized spacial score (nSPS) is 10.3. The van der Waals surface area contributed by atoms with Gasteiger partial charge < -0.3 is 21.2 Å². The molecule has 0 radical (unpaired) electrons. The third kappa shape index (κ3) is 2.82. The quantitative estimate of drug-likeness (QED) is 0.717. The average molecular weight is 245 g/mol. The number of anilines is 2. The van der Waals surface area contributed by atoms with E-state index in [0.29, 0.717) is 29.2 Å². The first-order chi connectivity index (χ1) is 8.54. The van der Waals surface area contributed by atoms with E-state index in [1.807, 2.05) is 19.1 Å². The zero-order valence-corrected chi connectivity index (χ0v) is 10.1. The number of aryl methyl sites for hydroxylation is 1. The molecule has 0 bridgehead atoms. The third-order valence-corrected chi connectivity index (χ3v) is 2.46. The molecule has 1 heterocycles. The first-order valence-electron chi connectivity index (χ1n) is 5.54. The SMILES string of the molecule is Cc1ccc(CNC(=O)c2cc(N)cc(N)c2)o1. The highest BCUT2D eigenvalue weighted by atomic mass is 16.3. The van der Waals surface area contributed by atoms with E-state index in [1.54, 1.807) is 18.2 Å². The molecule has 0 aliphatic heterocycles. The van der Waals surface area contributed by atoms with Gasteiger partial charge in [0.2, 0.25) is 0 Å². The van der Waals surface area contributed by atoms with Crippen LogP contribution < -0.4 is 16.8 Å². The van der Waals surface area contributed by atoms with Crippen LogP contribution in [0.2, 0.25) is 0 Å². The van der Waals surface area contributed by atoms with E-state index in [0.717, 1.165) is 5.76 Å². The molecule has 5 nitrogen and oxygen atoms in total. The van der Waals surface area contributed by atoms with Crippen molar-refractivity contribution < 1.29 is 9.21 Å². The van der Waals surface area contributed by atoms with Gasteiger partial charge >= 0.3 is 0 Å². The number of nitrogen functional groups attached to an aromatic ring is 2. The highest BCUT2D eigenvalue weighted by molar-refractivity contribution is 5.96. The molecule has 0 atom stereocenters. The molecule has 0 aliphatic carbocycles. The van der Waals surface area contributed by atoms with Crippen LogP contribution in [0.3, 0.4) is 0 Å². The third-order valence-electron chi connectivity index (χ3n) is 2.46. The van der Waals surface area contributed by atoms with Gasteiger partial charge in [-0.3, -0.25) is 4.79 Å². The van der Waals surface area contributed by atoms with Crippen molar-refractivity contribution in [1.82, 2.24) is 5.32 Å². The number of nitrogens with two attached hydrogens (primary N) is 2. The highest BCUT2D eigenvalue weighted by Gasteiger charge is 2.08. The molecular formula is C13H15N3O2. The monoisotopic (exact) mass is 245 g/mol. The second-order valence-corrected chi connectivity index (χ2v) is 4.08. The lowest BCUT2D eigenvalue weighted by Crippen LogP contribution is -2.22. The summed E-state index contributed by atoms with van der Waals surface area (Å²) in [7, 11) is 0. The van der Waals surface area contributed by atoms with Gasteiger partial charge in [0.05, 0.1) is 6.54 Å². The molecule has 2 aromatic rings. The minimum atomic E-state index is -0.233. The summed E-state index contributed by atoms with van der Waals surface area (Å²) < 4.78 is 5.35. The number of rotatable bonds is 3. The fourth-order valence-corrected chi connectivity index (χ4v) is 1.66. The van der Waals surface area contributed by atoms with E-state index in [-0.39, 0.29) is 5.91 Å². The Morgan fingerprint density at radius 2 is 1.89 bits per heavy atom. The minimum Gasteiger partial charge on any atom is -0.465 e. The Hall–Kier alpha value is -2.43. The number of furan rings is 1. The van der Waals surface area contributed by atoms with Crippen LogP contribution in [-0.4, -0.2) is 5.91 Å². The Balaban J connectivity index is 2.03. The van der Waals surface area contributed by atoms with Gasteiger partial charge in [-0.05, 0) is 37.3 Å². The number of carbonyl (C=O) groups is 1. The Bertz CT molecular complexity index is 555. The Morgan fingerprint density at radius 3 is 2.44 bits per heavy atom. The van der Waals surface area contributed by atoms with Crippen molar-refractivity contribution in [3.63, 3.8) is 0 Å². The molecule has 0 spiro atoms. The summed E-state index contributed by atoms with van der Waals surface area (Å²) >= 11 is 0. The lowest BCUT2D eigenvalue weighted by atomic mass is 10.1. The smallest absolute Gasteiger partial charge is 0.251 e. The summed E-state index contributed by atoms with van der Waals surface area (Å²) in [6.07, 6.45) is 0. The molecule has 94 valence electrons. The maximum atomic E-state index is 11.9. The summed E-state index contributed by atoms with van der Waals surface area (Å²) in [6, 6.07) is 8.44. The van der Waals surface area contributed by atoms with Crippen molar-refractivity contribution in [1.29, 1.82) is 0 Å². The fraction of sp³-hybridized carbons (Fsp3) is 0.154. The van der Waals surface area contributed by atoms with Crippen LogP contribution in [0.4, 0.5) is 11.4 Å². The van der Waals surface area contributed by atoms with Crippen molar-refractivity contribution in [3.05, 3.63) is 47.4 Å². The molecular weight excluding hydrogens is 230 g/mol. The Morgan fingerprint density at radius 1 is 1.22 bits per heavy atom. The standard InChI is InChI=1S/C13H15N3O2/c1-8-2-3-12(18-8)7-16-13(17)9-4-10(14)6-11(15)5-9/h2-6H,7,14-15H2,1H3,(H,16,17). The van der Waals surface area contributed by atoms with Crippen LogP contribution in [0, 0.1) is 6.92 Å². The van der Waals surface area contributed by atoms with Crippen LogP contribution in [0.1, 0.15) is 21.9 Å². The predicted octanol–water partition coefficient (Wildman–Crippen LogP) is 1.68. The van der Waals surface area contributed by atoms with E-state index < -0.39 is 0 Å². The van der Waals surface area contributed by atoms with Gasteiger partial charge in [0, 0.05) is 16.9 Å². The fourth-order valence-electron chi connectivity index (χ4n) is 1.66. The van der Waals surface area contributed by atoms with Gasteiger partial charge in [-0.15, -0.1) is 0 Å². The number of benzene rings is 1. The van der Waals surface area contributed by atoms with Crippen LogP contribution >= 0.6 is 0 Å². The van der Waals surface area contributed by atoms with Gasteiger partial charge in [0.15, 0.2) is 0 Å². The number of amides is 1. The van der Waals surface area contributed by atoms with Crippen molar-refractivity contribution >= 4 is 17.3 Å². The van der Waals surface area contributed by atoms with E-state index in [2.05, 4.69) is 5.32 Å². The van der Waals surface area contributed by atoms with Gasteiger partial charge in [0.25, 0.3) is 5.91 Å². The molecule has 0 saturated heterocycles. The molecule has 18 heavy (non-hydrogen) atoms. The molecule has 1 amide bonds. The van der Waals surface area contributed by atoms with Crippen molar-refractivity contribution in [3.8, 4) is 0 Å². The first kappa shape index (κ1) is 12.0. The highest BCUT2D eigenvalue weighted by Crippen LogP contribution is 2.14. The van der Waals surface area contributed by atoms with Crippen molar-refractivity contribution in [2.75, 3.05) is 11.5 Å². The maximum Gasteiger partial charge on any atom is 0.251 e. The van der Waals surface area contributed by atoms with Crippen LogP contribution in [0.15, 0.2) is 34.7 Å². The second-order valence-electron chi connectivity index (χ2n) is 4.08. The molecule has 1 aromatic heterocycles. The van der Waals surface area contributed by atoms with Gasteiger partial charge in [0.1, 0.15) is 11.5 Å². The van der Waals surface area contributed by atoms with Crippen LogP contribution in [-0.2, 0) is 6.54 Å². The molecule has 2 rings (SSSR count). The van der Waals surface area contributed by atoms with Crippen molar-refractivity contribution in [2.24, 2.45) is 0 Å². The van der Waals surface area contributed by atoms with E-state index in [1.165, 1.54) is 0 Å². The van der Waals surface area contributed by atoms with Crippen molar-refractivity contribution in [2.45, 2.75) is 13.5 Å². The lowest BCUT2D eigenvalue weighted by molar-refractivity contribution is 0.0948. The van der Waals surface area contributed by atoms with Gasteiger partial charge in [-0.1, -0.05) is 0 Å². The molecule has 0 fully saturated rings. The largest absolute Gasteiger partial charge is 0.465 e. The predicted molar refractivity (Wildman–Crippen MR) is 69.9 cm³/mol. The molecule has 0 saturated carbocycles. The maximum absolute atomic E-state index is 11.9. The average Bonchev–Trinajstić information content (AvgIpc) is 2.70. The van der Waals surface area contributed by atoms with Gasteiger partial charge in [-0.2, -0.15) is 0 Å². The molecule has 0 aliphatic rings. The van der Waals surface area contributed by atoms with E-state index >= 15 is 0 Å².